The Balaban J connectivity index is 2.25. The zero-order valence-corrected chi connectivity index (χ0v) is 7.46. The molecular formula is C10H16O. The van der Waals surface area contributed by atoms with Crippen LogP contribution in [-0.4, -0.2) is 10.7 Å². The van der Waals surface area contributed by atoms with Gasteiger partial charge in [0.1, 0.15) is 0 Å². The van der Waals surface area contributed by atoms with Crippen LogP contribution in [0.4, 0.5) is 0 Å². The van der Waals surface area contributed by atoms with E-state index in [4.69, 9.17) is 0 Å². The Kier molecular flexibility index (Phi) is 1.15. The fourth-order valence-electron chi connectivity index (χ4n) is 2.50. The minimum absolute atomic E-state index is 0.365. The van der Waals surface area contributed by atoms with E-state index in [9.17, 15) is 5.11 Å². The van der Waals surface area contributed by atoms with Crippen LogP contribution in [-0.2, 0) is 0 Å². The molecule has 3 atom stereocenters. The fourth-order valence-corrected chi connectivity index (χ4v) is 2.50. The molecule has 2 aliphatic carbocycles. The quantitative estimate of drug-likeness (QED) is 0.569. The average molecular weight is 152 g/mol. The molecule has 0 aromatic heterocycles. The molecule has 0 heterocycles. The average Bonchev–Trinajstić information content (AvgIpc) is 2.54. The van der Waals surface area contributed by atoms with Gasteiger partial charge in [0.15, 0.2) is 0 Å². The highest BCUT2D eigenvalue weighted by Gasteiger charge is 2.64. The molecule has 0 spiro atoms. The molecule has 1 fully saturated rings. The third-order valence-corrected chi connectivity index (χ3v) is 3.56. The summed E-state index contributed by atoms with van der Waals surface area (Å²) in [7, 11) is 0. The van der Waals surface area contributed by atoms with Crippen molar-refractivity contribution in [1.82, 2.24) is 0 Å². The Morgan fingerprint density at radius 1 is 1.45 bits per heavy atom. The van der Waals surface area contributed by atoms with Crippen molar-refractivity contribution >= 4 is 0 Å². The summed E-state index contributed by atoms with van der Waals surface area (Å²) >= 11 is 0. The van der Waals surface area contributed by atoms with Gasteiger partial charge in [-0.3, -0.25) is 0 Å². The third-order valence-electron chi connectivity index (χ3n) is 3.56. The lowest BCUT2D eigenvalue weighted by atomic mass is 9.91. The predicted molar refractivity (Wildman–Crippen MR) is 45.1 cm³/mol. The van der Waals surface area contributed by atoms with E-state index in [1.807, 2.05) is 13.0 Å². The molecule has 0 bridgehead atoms. The molecule has 1 heteroatoms. The molecular weight excluding hydrogens is 136 g/mol. The van der Waals surface area contributed by atoms with Gasteiger partial charge in [0, 0.05) is 5.92 Å². The van der Waals surface area contributed by atoms with Crippen molar-refractivity contribution in [2.24, 2.45) is 17.3 Å². The van der Waals surface area contributed by atoms with Crippen LogP contribution in [0.5, 0.6) is 0 Å². The van der Waals surface area contributed by atoms with Gasteiger partial charge < -0.3 is 5.11 Å². The molecule has 0 aliphatic heterocycles. The minimum Gasteiger partial charge on any atom is -0.386 e. The number of allylic oxidation sites excluding steroid dienone is 1. The standard InChI is InChI=1S/C10H16O/c1-7(2)10-5-4-9(3,11)8(10)6-10/h4-5,7-8,11H,6H2,1-3H3/t8-,9?,10+/m0/s1. The van der Waals surface area contributed by atoms with Crippen molar-refractivity contribution in [2.75, 3.05) is 0 Å². The topological polar surface area (TPSA) is 20.2 Å². The number of hydrogen-bond acceptors (Lipinski definition) is 1. The second kappa shape index (κ2) is 1.71. The largest absolute Gasteiger partial charge is 0.386 e. The van der Waals surface area contributed by atoms with Crippen molar-refractivity contribution in [3.63, 3.8) is 0 Å². The van der Waals surface area contributed by atoms with Crippen LogP contribution in [0.15, 0.2) is 12.2 Å². The van der Waals surface area contributed by atoms with Crippen LogP contribution in [0.1, 0.15) is 27.2 Å². The number of fused-ring (bicyclic) bond motifs is 1. The highest BCUT2D eigenvalue weighted by molar-refractivity contribution is 5.32. The van der Waals surface area contributed by atoms with Crippen LogP contribution in [0, 0.1) is 17.3 Å². The van der Waals surface area contributed by atoms with Crippen molar-refractivity contribution in [3.05, 3.63) is 12.2 Å². The number of rotatable bonds is 1. The second-order valence-electron chi connectivity index (χ2n) is 4.58. The van der Waals surface area contributed by atoms with E-state index in [1.54, 1.807) is 0 Å². The zero-order valence-electron chi connectivity index (χ0n) is 7.46. The zero-order chi connectivity index (χ0) is 8.28. The molecule has 0 aromatic rings. The first-order chi connectivity index (χ1) is 4.99. The van der Waals surface area contributed by atoms with Gasteiger partial charge in [-0.2, -0.15) is 0 Å². The summed E-state index contributed by atoms with van der Waals surface area (Å²) in [6.45, 7) is 6.41. The summed E-state index contributed by atoms with van der Waals surface area (Å²) in [6, 6.07) is 0. The summed E-state index contributed by atoms with van der Waals surface area (Å²) in [6.07, 6.45) is 5.39. The van der Waals surface area contributed by atoms with Crippen molar-refractivity contribution in [1.29, 1.82) is 0 Å². The maximum atomic E-state index is 9.83. The molecule has 11 heavy (non-hydrogen) atoms. The lowest BCUT2D eigenvalue weighted by Crippen LogP contribution is -2.23. The summed E-state index contributed by atoms with van der Waals surface area (Å²) in [4.78, 5) is 0. The van der Waals surface area contributed by atoms with Gasteiger partial charge >= 0.3 is 0 Å². The van der Waals surface area contributed by atoms with Crippen molar-refractivity contribution in [2.45, 2.75) is 32.8 Å². The Labute approximate surface area is 68.1 Å². The van der Waals surface area contributed by atoms with Crippen LogP contribution < -0.4 is 0 Å². The second-order valence-corrected chi connectivity index (χ2v) is 4.58. The molecule has 0 radical (unpaired) electrons. The molecule has 1 saturated carbocycles. The highest BCUT2D eigenvalue weighted by atomic mass is 16.3. The first kappa shape index (κ1) is 7.35. The molecule has 0 aromatic carbocycles. The van der Waals surface area contributed by atoms with E-state index in [1.165, 1.54) is 6.42 Å². The van der Waals surface area contributed by atoms with E-state index < -0.39 is 5.60 Å². The van der Waals surface area contributed by atoms with Crippen LogP contribution in [0.2, 0.25) is 0 Å². The Morgan fingerprint density at radius 2 is 2.09 bits per heavy atom. The molecule has 1 N–H and O–H groups in total. The normalized spacial score (nSPS) is 53.4. The Hall–Kier alpha value is -0.300. The summed E-state index contributed by atoms with van der Waals surface area (Å²) in [5.74, 6) is 1.19. The maximum absolute atomic E-state index is 9.83. The molecule has 1 unspecified atom stereocenters. The van der Waals surface area contributed by atoms with E-state index >= 15 is 0 Å². The lowest BCUT2D eigenvalue weighted by Gasteiger charge is -2.17. The van der Waals surface area contributed by atoms with Crippen LogP contribution in [0.3, 0.4) is 0 Å². The van der Waals surface area contributed by atoms with Gasteiger partial charge in [0.05, 0.1) is 5.60 Å². The summed E-state index contributed by atoms with van der Waals surface area (Å²) in [5, 5.41) is 9.83. The van der Waals surface area contributed by atoms with Crippen LogP contribution in [0.25, 0.3) is 0 Å². The molecule has 2 aliphatic rings. The highest BCUT2D eigenvalue weighted by Crippen LogP contribution is 2.67. The predicted octanol–water partition coefficient (Wildman–Crippen LogP) is 1.97. The maximum Gasteiger partial charge on any atom is 0.0836 e. The van der Waals surface area contributed by atoms with Crippen molar-refractivity contribution in [3.8, 4) is 0 Å². The molecule has 1 nitrogen and oxygen atoms in total. The van der Waals surface area contributed by atoms with Gasteiger partial charge in [-0.1, -0.05) is 26.0 Å². The molecule has 0 saturated heterocycles. The van der Waals surface area contributed by atoms with E-state index in [2.05, 4.69) is 19.9 Å². The van der Waals surface area contributed by atoms with Crippen molar-refractivity contribution < 1.29 is 5.11 Å². The van der Waals surface area contributed by atoms with E-state index in [-0.39, 0.29) is 0 Å². The summed E-state index contributed by atoms with van der Waals surface area (Å²) in [5.41, 5.74) is -0.145. The Bertz CT molecular complexity index is 215. The summed E-state index contributed by atoms with van der Waals surface area (Å²) < 4.78 is 0. The SMILES string of the molecule is CC(C)[C@]12C=CC(C)(O)[C@@H]1C2. The van der Waals surface area contributed by atoms with E-state index in [0.717, 1.165) is 0 Å². The van der Waals surface area contributed by atoms with Gasteiger partial charge in [-0.05, 0) is 24.7 Å². The first-order valence-corrected chi connectivity index (χ1v) is 4.42. The van der Waals surface area contributed by atoms with Gasteiger partial charge in [0.25, 0.3) is 0 Å². The molecule has 0 amide bonds. The van der Waals surface area contributed by atoms with Gasteiger partial charge in [-0.25, -0.2) is 0 Å². The van der Waals surface area contributed by atoms with Crippen LogP contribution >= 0.6 is 0 Å². The van der Waals surface area contributed by atoms with Gasteiger partial charge in [-0.15, -0.1) is 0 Å². The monoisotopic (exact) mass is 152 g/mol. The Morgan fingerprint density at radius 3 is 2.27 bits per heavy atom. The minimum atomic E-state index is -0.510. The molecule has 62 valence electrons. The number of aliphatic hydroxyl groups is 1. The third kappa shape index (κ3) is 0.750. The lowest BCUT2D eigenvalue weighted by molar-refractivity contribution is 0.0818. The smallest absolute Gasteiger partial charge is 0.0836 e. The van der Waals surface area contributed by atoms with E-state index in [0.29, 0.717) is 17.3 Å². The van der Waals surface area contributed by atoms with Gasteiger partial charge in [0.2, 0.25) is 0 Å². The molecule has 2 rings (SSSR count). The fraction of sp³-hybridized carbons (Fsp3) is 0.800. The first-order valence-electron chi connectivity index (χ1n) is 4.42. The number of hydrogen-bond donors (Lipinski definition) is 1.